The van der Waals surface area contributed by atoms with E-state index in [0.717, 1.165) is 43.3 Å². The van der Waals surface area contributed by atoms with Gasteiger partial charge in [-0.25, -0.2) is 0 Å². The summed E-state index contributed by atoms with van der Waals surface area (Å²) in [6, 6.07) is 0. The van der Waals surface area contributed by atoms with Crippen LogP contribution >= 0.6 is 0 Å². The van der Waals surface area contributed by atoms with Crippen LogP contribution in [-0.4, -0.2) is 28.2 Å². The van der Waals surface area contributed by atoms with Crippen molar-refractivity contribution in [3.05, 3.63) is 23.3 Å². The fraction of sp³-hybridized carbons (Fsp3) is 0.750. The number of allylic oxidation sites excluding steroid dienone is 2. The third kappa shape index (κ3) is 2.53. The molecule has 6 atom stereocenters. The van der Waals surface area contributed by atoms with Crippen LogP contribution in [-0.2, 0) is 4.79 Å². The first-order chi connectivity index (χ1) is 10.8. The van der Waals surface area contributed by atoms with Crippen LogP contribution in [0.3, 0.4) is 0 Å². The Hall–Kier alpha value is -0.930. The van der Waals surface area contributed by atoms with Gasteiger partial charge in [0.1, 0.15) is 6.10 Å². The molecule has 1 saturated carbocycles. The fourth-order valence-corrected chi connectivity index (χ4v) is 5.37. The van der Waals surface area contributed by atoms with E-state index in [-0.39, 0.29) is 23.0 Å². The molecule has 3 aliphatic carbocycles. The molecular weight excluding hydrogens is 288 g/mol. The van der Waals surface area contributed by atoms with Gasteiger partial charge in [-0.15, -0.1) is 0 Å². The van der Waals surface area contributed by atoms with Crippen LogP contribution in [0, 0.1) is 23.2 Å². The van der Waals surface area contributed by atoms with Crippen molar-refractivity contribution in [1.29, 1.82) is 0 Å². The van der Waals surface area contributed by atoms with Crippen molar-refractivity contribution in [2.45, 2.75) is 71.5 Å². The molecule has 3 nitrogen and oxygen atoms in total. The van der Waals surface area contributed by atoms with Gasteiger partial charge in [-0.3, -0.25) is 4.79 Å². The van der Waals surface area contributed by atoms with Crippen LogP contribution < -0.4 is 0 Å². The Morgan fingerprint density at radius 3 is 2.52 bits per heavy atom. The van der Waals surface area contributed by atoms with E-state index in [1.54, 1.807) is 0 Å². The molecule has 0 aromatic rings. The van der Waals surface area contributed by atoms with E-state index in [1.165, 1.54) is 5.57 Å². The molecule has 0 aliphatic heterocycles. The van der Waals surface area contributed by atoms with E-state index in [2.05, 4.69) is 27.4 Å². The third-order valence-electron chi connectivity index (χ3n) is 6.99. The molecule has 0 radical (unpaired) electrons. The molecule has 4 unspecified atom stereocenters. The van der Waals surface area contributed by atoms with Crippen LogP contribution in [0.5, 0.6) is 0 Å². The van der Waals surface area contributed by atoms with Crippen molar-refractivity contribution in [2.24, 2.45) is 23.2 Å². The van der Waals surface area contributed by atoms with Gasteiger partial charge in [-0.2, -0.15) is 0 Å². The Labute approximate surface area is 139 Å². The molecule has 1 fully saturated rings. The topological polar surface area (TPSA) is 57.5 Å². The van der Waals surface area contributed by atoms with Gasteiger partial charge >= 0.3 is 0 Å². The molecule has 0 spiro atoms. The molecule has 3 heteroatoms. The predicted molar refractivity (Wildman–Crippen MR) is 90.8 cm³/mol. The maximum atomic E-state index is 12.6. The Morgan fingerprint density at radius 2 is 1.83 bits per heavy atom. The molecule has 2 N–H and O–H groups in total. The Balaban J connectivity index is 2.09. The van der Waals surface area contributed by atoms with Crippen LogP contribution in [0.4, 0.5) is 0 Å². The first-order valence-corrected chi connectivity index (χ1v) is 9.05. The van der Waals surface area contributed by atoms with Crippen molar-refractivity contribution >= 4 is 5.78 Å². The van der Waals surface area contributed by atoms with Crippen molar-refractivity contribution in [3.63, 3.8) is 0 Å². The average molecular weight is 318 g/mol. The standard InChI is InChI=1S/C20H30O3/c1-11-5-7-15-13(3)17-14(12(2)16(21)8-6-11)9-10-20(17,4)19(23)18(15)22/h11,14,17-19,22-23H,2,5-10H2,1,3-4H3/t11-,14-,17?,18?,19?,20?/m0/s1. The zero-order valence-electron chi connectivity index (χ0n) is 14.6. The minimum Gasteiger partial charge on any atom is -0.389 e. The highest BCUT2D eigenvalue weighted by Gasteiger charge is 2.56. The summed E-state index contributed by atoms with van der Waals surface area (Å²) in [5, 5.41) is 21.5. The molecule has 0 aromatic heterocycles. The van der Waals surface area contributed by atoms with Crippen LogP contribution in [0.2, 0.25) is 0 Å². The lowest BCUT2D eigenvalue weighted by Gasteiger charge is -2.47. The molecule has 2 bridgehead atoms. The molecule has 23 heavy (non-hydrogen) atoms. The first-order valence-electron chi connectivity index (χ1n) is 9.05. The number of ketones is 1. The van der Waals surface area contributed by atoms with Gasteiger partial charge in [0.15, 0.2) is 5.78 Å². The second kappa shape index (κ2) is 5.86. The molecule has 0 saturated heterocycles. The molecular formula is C20H30O3. The van der Waals surface area contributed by atoms with Crippen molar-refractivity contribution in [3.8, 4) is 0 Å². The number of hydrogen-bond donors (Lipinski definition) is 2. The van der Waals surface area contributed by atoms with E-state index in [4.69, 9.17) is 0 Å². The summed E-state index contributed by atoms with van der Waals surface area (Å²) in [6.07, 6.45) is 3.48. The van der Waals surface area contributed by atoms with E-state index < -0.39 is 12.2 Å². The summed E-state index contributed by atoms with van der Waals surface area (Å²) in [6.45, 7) is 10.5. The summed E-state index contributed by atoms with van der Waals surface area (Å²) in [4.78, 5) is 12.6. The van der Waals surface area contributed by atoms with E-state index in [9.17, 15) is 15.0 Å². The monoisotopic (exact) mass is 318 g/mol. The highest BCUT2D eigenvalue weighted by molar-refractivity contribution is 5.95. The normalized spacial score (nSPS) is 45.2. The summed E-state index contributed by atoms with van der Waals surface area (Å²) >= 11 is 0. The smallest absolute Gasteiger partial charge is 0.158 e. The van der Waals surface area contributed by atoms with Gasteiger partial charge < -0.3 is 10.2 Å². The lowest BCUT2D eigenvalue weighted by atomic mass is 9.61. The summed E-state index contributed by atoms with van der Waals surface area (Å²) in [7, 11) is 0. The van der Waals surface area contributed by atoms with Crippen molar-refractivity contribution in [2.75, 3.05) is 0 Å². The van der Waals surface area contributed by atoms with Gasteiger partial charge in [0, 0.05) is 11.8 Å². The highest BCUT2D eigenvalue weighted by Crippen LogP contribution is 2.59. The largest absolute Gasteiger partial charge is 0.389 e. The Morgan fingerprint density at radius 1 is 1.17 bits per heavy atom. The maximum Gasteiger partial charge on any atom is 0.158 e. The minimum absolute atomic E-state index is 0.123. The lowest BCUT2D eigenvalue weighted by molar-refractivity contribution is -0.116. The second-order valence-corrected chi connectivity index (χ2v) is 8.36. The predicted octanol–water partition coefficient (Wildman–Crippen LogP) is 3.41. The van der Waals surface area contributed by atoms with Crippen molar-refractivity contribution < 1.29 is 15.0 Å². The number of hydrogen-bond acceptors (Lipinski definition) is 3. The molecule has 0 heterocycles. The second-order valence-electron chi connectivity index (χ2n) is 8.36. The van der Waals surface area contributed by atoms with E-state index in [0.29, 0.717) is 12.3 Å². The average Bonchev–Trinajstić information content (AvgIpc) is 2.87. The Bertz CT molecular complexity index is 561. The SMILES string of the molecule is C=C1C(=O)CC[C@@H](C)CCC2=C(C)C3[C@H]1CCC3(C)C(O)C2O. The fourth-order valence-electron chi connectivity index (χ4n) is 5.37. The number of aliphatic hydroxyl groups excluding tert-OH is 2. The molecule has 3 rings (SSSR count). The third-order valence-corrected chi connectivity index (χ3v) is 6.99. The molecule has 0 amide bonds. The van der Waals surface area contributed by atoms with E-state index in [1.807, 2.05) is 0 Å². The van der Waals surface area contributed by atoms with Gasteiger partial charge in [-0.05, 0) is 67.9 Å². The van der Waals surface area contributed by atoms with Crippen molar-refractivity contribution in [1.82, 2.24) is 0 Å². The van der Waals surface area contributed by atoms with E-state index >= 15 is 0 Å². The van der Waals surface area contributed by atoms with Crippen LogP contribution in [0.25, 0.3) is 0 Å². The number of aliphatic hydroxyl groups is 2. The number of carbonyl (C=O) groups excluding carboxylic acids is 1. The first kappa shape index (κ1) is 16.9. The summed E-state index contributed by atoms with van der Waals surface area (Å²) < 4.78 is 0. The van der Waals surface area contributed by atoms with Gasteiger partial charge in [-0.1, -0.05) is 26.0 Å². The zero-order chi connectivity index (χ0) is 16.9. The van der Waals surface area contributed by atoms with Gasteiger partial charge in [0.05, 0.1) is 6.10 Å². The highest BCUT2D eigenvalue weighted by atomic mass is 16.3. The summed E-state index contributed by atoms with van der Waals surface area (Å²) in [5.74, 6) is 0.907. The van der Waals surface area contributed by atoms with Crippen LogP contribution in [0.1, 0.15) is 59.3 Å². The minimum atomic E-state index is -0.757. The number of carbonyl (C=O) groups is 1. The lowest BCUT2D eigenvalue weighted by Crippen LogP contribution is -2.50. The number of rotatable bonds is 0. The Kier molecular flexibility index (Phi) is 4.31. The van der Waals surface area contributed by atoms with Gasteiger partial charge in [0.2, 0.25) is 0 Å². The molecule has 128 valence electrons. The quantitative estimate of drug-likeness (QED) is 0.531. The molecule has 0 aromatic carbocycles. The number of Topliss-reactive ketones (excluding diaryl/α,β-unsaturated/α-hetero) is 1. The maximum absolute atomic E-state index is 12.6. The van der Waals surface area contributed by atoms with Gasteiger partial charge in [0.25, 0.3) is 0 Å². The summed E-state index contributed by atoms with van der Waals surface area (Å²) in [5.41, 5.74) is 2.62. The zero-order valence-corrected chi connectivity index (χ0v) is 14.6. The molecule has 3 aliphatic rings. The van der Waals surface area contributed by atoms with Crippen LogP contribution in [0.15, 0.2) is 23.3 Å².